The van der Waals surface area contributed by atoms with Crippen molar-refractivity contribution in [1.82, 2.24) is 9.21 Å². The molecule has 2 fully saturated rings. The van der Waals surface area contributed by atoms with Crippen LogP contribution in [0.3, 0.4) is 0 Å². The molecule has 2 aliphatic carbocycles. The van der Waals surface area contributed by atoms with Crippen molar-refractivity contribution < 1.29 is 27.8 Å². The van der Waals surface area contributed by atoms with Crippen LogP contribution in [-0.2, 0) is 32.4 Å². The minimum atomic E-state index is -3.63. The summed E-state index contributed by atoms with van der Waals surface area (Å²) in [6, 6.07) is 10.5. The number of likely N-dealkylation sites (tertiary alicyclic amines) is 1. The number of phenolic OH excluding ortho intramolecular Hbond substituents is 1. The average molecular weight is 539 g/mol. The number of likely N-dealkylation sites (N-methyl/N-ethyl adjacent to an activating group) is 1. The number of benzene rings is 2. The largest absolute Gasteiger partial charge is 0.504 e. The van der Waals surface area contributed by atoms with Gasteiger partial charge in [-0.05, 0) is 43.7 Å². The zero-order valence-electron chi connectivity index (χ0n) is 21.8. The minimum absolute atomic E-state index is 0.0666. The Labute approximate surface area is 223 Å². The summed E-state index contributed by atoms with van der Waals surface area (Å²) < 4.78 is 40.9. The van der Waals surface area contributed by atoms with Crippen LogP contribution in [0.15, 0.2) is 49.1 Å². The fraction of sp³-hybridized carbons (Fsp3) is 0.483. The first-order valence-corrected chi connectivity index (χ1v) is 14.9. The molecule has 4 aliphatic rings. The molecule has 2 bridgehead atoms. The van der Waals surface area contributed by atoms with Crippen molar-refractivity contribution in [2.45, 2.75) is 62.0 Å². The van der Waals surface area contributed by atoms with Crippen LogP contribution in [0, 0.1) is 5.92 Å². The molecule has 2 aliphatic heterocycles. The zero-order valence-corrected chi connectivity index (χ0v) is 22.6. The molecule has 0 unspecified atom stereocenters. The monoisotopic (exact) mass is 538 g/mol. The second-order valence-electron chi connectivity index (χ2n) is 11.1. The summed E-state index contributed by atoms with van der Waals surface area (Å²) in [4.78, 5) is 14.4. The molecule has 1 spiro atoms. The number of sulfonamides is 1. The van der Waals surface area contributed by atoms with Gasteiger partial charge in [0.15, 0.2) is 11.5 Å². The number of piperidine rings is 1. The van der Waals surface area contributed by atoms with Gasteiger partial charge in [0.1, 0.15) is 11.9 Å². The van der Waals surface area contributed by atoms with Crippen molar-refractivity contribution in [2.75, 3.05) is 20.1 Å². The molecular formula is C29H34N2O6S. The van der Waals surface area contributed by atoms with E-state index in [0.717, 1.165) is 42.6 Å². The maximum Gasteiger partial charge on any atom is 0.308 e. The Bertz CT molecular complexity index is 1390. The second-order valence-corrected chi connectivity index (χ2v) is 13.1. The molecule has 0 amide bonds. The van der Waals surface area contributed by atoms with Crippen LogP contribution in [-0.4, -0.2) is 67.0 Å². The van der Waals surface area contributed by atoms with Gasteiger partial charge in [-0.2, -0.15) is 4.31 Å². The summed E-state index contributed by atoms with van der Waals surface area (Å²) in [5.74, 6) is 0.416. The van der Waals surface area contributed by atoms with Crippen LogP contribution in [0.2, 0.25) is 0 Å². The molecule has 8 nitrogen and oxygen atoms in total. The van der Waals surface area contributed by atoms with E-state index in [1.807, 2.05) is 36.4 Å². The summed E-state index contributed by atoms with van der Waals surface area (Å²) in [5.41, 5.74) is 2.07. The van der Waals surface area contributed by atoms with Gasteiger partial charge in [0, 0.05) is 49.2 Å². The molecule has 9 heteroatoms. The molecule has 6 rings (SSSR count). The SMILES string of the molecule is C=CCN1CC[C@]23c4c5c(OC(C)=O)cc(O)c4O[C@H]2[C@H](N(C)S(=O)(=O)Cc2ccccc2)CC[C@H]3[C@H]1C5. The van der Waals surface area contributed by atoms with Crippen LogP contribution in [0.1, 0.15) is 42.9 Å². The summed E-state index contributed by atoms with van der Waals surface area (Å²) in [5, 5.41) is 11.0. The fourth-order valence-electron chi connectivity index (χ4n) is 7.75. The number of carbonyl (C=O) groups is 1. The van der Waals surface area contributed by atoms with Crippen LogP contribution >= 0.6 is 0 Å². The van der Waals surface area contributed by atoms with Crippen molar-refractivity contribution in [3.63, 3.8) is 0 Å². The number of hydrogen-bond acceptors (Lipinski definition) is 7. The Balaban J connectivity index is 1.45. The smallest absolute Gasteiger partial charge is 0.308 e. The first-order chi connectivity index (χ1) is 18.2. The number of aromatic hydroxyl groups is 1. The molecule has 2 heterocycles. The molecule has 0 aromatic heterocycles. The standard InChI is InChI=1S/C29H34N2O6S/c1-4-13-31-14-12-29-21-10-11-22(30(3)38(34,35)17-19-8-6-5-7-9-19)28(29)37-27-24(33)16-25(36-18(2)32)20(26(27)29)15-23(21)31/h4-9,16,21-23,28,33H,1,10-15,17H2,2-3H3/t21-,22+,23+,28-,29-/m0/s1. The quantitative estimate of drug-likeness (QED) is 0.328. The Morgan fingerprint density at radius 2 is 2.08 bits per heavy atom. The van der Waals surface area contributed by atoms with Gasteiger partial charge in [0.05, 0.1) is 11.8 Å². The molecule has 2 aromatic rings. The van der Waals surface area contributed by atoms with Gasteiger partial charge in [-0.1, -0.05) is 36.4 Å². The molecule has 1 saturated carbocycles. The van der Waals surface area contributed by atoms with Gasteiger partial charge in [0.25, 0.3) is 0 Å². The van der Waals surface area contributed by atoms with Gasteiger partial charge < -0.3 is 14.6 Å². The first kappa shape index (κ1) is 25.4. The van der Waals surface area contributed by atoms with Gasteiger partial charge >= 0.3 is 5.97 Å². The van der Waals surface area contributed by atoms with Crippen molar-refractivity contribution in [1.29, 1.82) is 0 Å². The Morgan fingerprint density at radius 1 is 1.32 bits per heavy atom. The Hall–Kier alpha value is -2.88. The fourth-order valence-corrected chi connectivity index (χ4v) is 9.20. The van der Waals surface area contributed by atoms with Crippen molar-refractivity contribution in [2.24, 2.45) is 5.92 Å². The highest BCUT2D eigenvalue weighted by Gasteiger charge is 2.67. The molecule has 2 aromatic carbocycles. The van der Waals surface area contributed by atoms with E-state index in [0.29, 0.717) is 24.3 Å². The lowest BCUT2D eigenvalue weighted by molar-refractivity contribution is -0.132. The number of hydrogen-bond donors (Lipinski definition) is 1. The number of phenols is 1. The van der Waals surface area contributed by atoms with Gasteiger partial charge in [0.2, 0.25) is 10.0 Å². The summed E-state index contributed by atoms with van der Waals surface area (Å²) in [7, 11) is -1.98. The summed E-state index contributed by atoms with van der Waals surface area (Å²) in [6.07, 6.45) is 4.41. The van der Waals surface area contributed by atoms with E-state index in [2.05, 4.69) is 11.5 Å². The van der Waals surface area contributed by atoms with E-state index in [9.17, 15) is 18.3 Å². The number of carbonyl (C=O) groups excluding carboxylic acids is 1. The molecule has 202 valence electrons. The zero-order chi connectivity index (χ0) is 26.8. The van der Waals surface area contributed by atoms with Crippen LogP contribution in [0.5, 0.6) is 17.2 Å². The molecule has 1 N–H and O–H groups in total. The van der Waals surface area contributed by atoms with E-state index < -0.39 is 27.5 Å². The highest BCUT2D eigenvalue weighted by atomic mass is 32.2. The molecule has 5 atom stereocenters. The van der Waals surface area contributed by atoms with E-state index in [4.69, 9.17) is 9.47 Å². The van der Waals surface area contributed by atoms with Crippen molar-refractivity contribution in [3.05, 3.63) is 65.7 Å². The predicted molar refractivity (Wildman–Crippen MR) is 143 cm³/mol. The lowest BCUT2D eigenvalue weighted by Crippen LogP contribution is -2.68. The topological polar surface area (TPSA) is 96.4 Å². The maximum absolute atomic E-state index is 13.6. The summed E-state index contributed by atoms with van der Waals surface area (Å²) >= 11 is 0. The predicted octanol–water partition coefficient (Wildman–Crippen LogP) is 3.37. The minimum Gasteiger partial charge on any atom is -0.504 e. The first-order valence-electron chi connectivity index (χ1n) is 13.3. The number of ether oxygens (including phenoxy) is 2. The third kappa shape index (κ3) is 3.70. The Kier molecular flexibility index (Phi) is 6.09. The van der Waals surface area contributed by atoms with E-state index in [1.165, 1.54) is 17.3 Å². The average Bonchev–Trinajstić information content (AvgIpc) is 3.22. The van der Waals surface area contributed by atoms with Crippen LogP contribution in [0.25, 0.3) is 0 Å². The molecule has 0 radical (unpaired) electrons. The third-order valence-electron chi connectivity index (χ3n) is 9.20. The van der Waals surface area contributed by atoms with Crippen LogP contribution in [0.4, 0.5) is 0 Å². The highest BCUT2D eigenvalue weighted by molar-refractivity contribution is 7.88. The van der Waals surface area contributed by atoms with Gasteiger partial charge in [-0.25, -0.2) is 8.42 Å². The van der Waals surface area contributed by atoms with Gasteiger partial charge in [-0.15, -0.1) is 6.58 Å². The molecule has 38 heavy (non-hydrogen) atoms. The van der Waals surface area contributed by atoms with Crippen molar-refractivity contribution >= 4 is 16.0 Å². The maximum atomic E-state index is 13.6. The second kappa shape index (κ2) is 9.10. The lowest BCUT2D eigenvalue weighted by atomic mass is 9.51. The van der Waals surface area contributed by atoms with E-state index >= 15 is 0 Å². The molecule has 1 saturated heterocycles. The van der Waals surface area contributed by atoms with Crippen molar-refractivity contribution in [3.8, 4) is 17.2 Å². The highest BCUT2D eigenvalue weighted by Crippen LogP contribution is 2.65. The third-order valence-corrected chi connectivity index (χ3v) is 11.1. The Morgan fingerprint density at radius 3 is 2.79 bits per heavy atom. The molecular weight excluding hydrogens is 504 g/mol. The number of rotatable bonds is 7. The lowest BCUT2D eigenvalue weighted by Gasteiger charge is -2.60. The normalized spacial score (nSPS) is 29.4. The number of nitrogens with zero attached hydrogens (tertiary/aromatic N) is 2. The van der Waals surface area contributed by atoms with Crippen LogP contribution < -0.4 is 9.47 Å². The number of esters is 1. The van der Waals surface area contributed by atoms with Gasteiger partial charge in [-0.3, -0.25) is 9.69 Å². The summed E-state index contributed by atoms with van der Waals surface area (Å²) in [6.45, 7) is 6.88. The van der Waals surface area contributed by atoms with E-state index in [-0.39, 0.29) is 29.5 Å². The van der Waals surface area contributed by atoms with E-state index in [1.54, 1.807) is 7.05 Å².